The average molecular weight is 308 g/mol. The van der Waals surface area contributed by atoms with E-state index < -0.39 is 10.0 Å². The van der Waals surface area contributed by atoms with Gasteiger partial charge in [0.25, 0.3) is 10.0 Å². The van der Waals surface area contributed by atoms with Crippen molar-refractivity contribution in [3.63, 3.8) is 0 Å². The molecule has 0 saturated heterocycles. The molecule has 0 spiro atoms. The number of hydrogen-bond acceptors (Lipinski definition) is 5. The lowest BCUT2D eigenvalue weighted by Crippen LogP contribution is -2.14. The Hall–Kier alpha value is -2.06. The van der Waals surface area contributed by atoms with E-state index in [2.05, 4.69) is 14.7 Å². The van der Waals surface area contributed by atoms with Gasteiger partial charge in [-0.15, -0.1) is 0 Å². The van der Waals surface area contributed by atoms with Crippen molar-refractivity contribution in [2.45, 2.75) is 11.3 Å². The van der Waals surface area contributed by atoms with Gasteiger partial charge in [-0.3, -0.25) is 4.72 Å². The Morgan fingerprint density at radius 1 is 1.20 bits per heavy atom. The van der Waals surface area contributed by atoms with Gasteiger partial charge in [0.05, 0.1) is 28.0 Å². The highest BCUT2D eigenvalue weighted by Crippen LogP contribution is 2.15. The van der Waals surface area contributed by atoms with E-state index in [1.807, 2.05) is 0 Å². The van der Waals surface area contributed by atoms with Crippen LogP contribution in [0.3, 0.4) is 0 Å². The summed E-state index contributed by atoms with van der Waals surface area (Å²) in [4.78, 5) is 7.99. The number of anilines is 1. The molecular formula is C12H12N4O2S2. The van der Waals surface area contributed by atoms with Crippen molar-refractivity contribution < 1.29 is 8.42 Å². The summed E-state index contributed by atoms with van der Waals surface area (Å²) in [6.07, 6.45) is 4.52. The first-order valence-corrected chi connectivity index (χ1v) is 7.51. The Morgan fingerprint density at radius 3 is 2.35 bits per heavy atom. The molecule has 0 saturated carbocycles. The fourth-order valence-corrected chi connectivity index (χ4v) is 2.75. The third-order valence-electron chi connectivity index (χ3n) is 2.42. The first-order valence-electron chi connectivity index (χ1n) is 5.62. The molecule has 104 valence electrons. The number of hydrogen-bond donors (Lipinski definition) is 2. The molecule has 0 bridgehead atoms. The molecule has 0 radical (unpaired) electrons. The second-order valence-corrected chi connectivity index (χ2v) is 6.23. The van der Waals surface area contributed by atoms with Crippen molar-refractivity contribution in [1.82, 2.24) is 9.97 Å². The molecule has 8 heteroatoms. The molecule has 0 aliphatic rings. The maximum absolute atomic E-state index is 12.1. The number of rotatable bonds is 5. The summed E-state index contributed by atoms with van der Waals surface area (Å²) in [5, 5.41) is 0. The number of aromatic nitrogens is 2. The van der Waals surface area contributed by atoms with E-state index >= 15 is 0 Å². The van der Waals surface area contributed by atoms with Crippen molar-refractivity contribution in [1.29, 1.82) is 0 Å². The standard InChI is InChI=1S/C12H12N4O2S2/c13-12(19)5-9-1-3-11(4-2-9)20(17,18)16-10-6-14-8-15-7-10/h1-4,6-8,16H,5H2,(H2,13,19). The Balaban J connectivity index is 2.19. The zero-order valence-electron chi connectivity index (χ0n) is 10.4. The average Bonchev–Trinajstić information content (AvgIpc) is 2.39. The minimum absolute atomic E-state index is 0.146. The highest BCUT2D eigenvalue weighted by molar-refractivity contribution is 7.92. The number of sulfonamides is 1. The Morgan fingerprint density at radius 2 is 1.80 bits per heavy atom. The maximum atomic E-state index is 12.1. The number of benzene rings is 1. The zero-order valence-corrected chi connectivity index (χ0v) is 12.0. The molecule has 0 unspecified atom stereocenters. The zero-order chi connectivity index (χ0) is 14.6. The minimum Gasteiger partial charge on any atom is -0.393 e. The quantitative estimate of drug-likeness (QED) is 0.803. The van der Waals surface area contributed by atoms with Crippen molar-refractivity contribution >= 4 is 32.9 Å². The third-order valence-corrected chi connectivity index (χ3v) is 3.97. The summed E-state index contributed by atoms with van der Waals surface area (Å²) >= 11 is 4.80. The predicted octanol–water partition coefficient (Wildman–Crippen LogP) is 1.11. The van der Waals surface area contributed by atoms with Crippen LogP contribution in [-0.2, 0) is 16.4 Å². The van der Waals surface area contributed by atoms with Crippen molar-refractivity contribution in [2.75, 3.05) is 4.72 Å². The summed E-state index contributed by atoms with van der Waals surface area (Å²) in [6, 6.07) is 6.35. The van der Waals surface area contributed by atoms with Crippen LogP contribution in [0.4, 0.5) is 5.69 Å². The van der Waals surface area contributed by atoms with Crippen LogP contribution in [0.25, 0.3) is 0 Å². The first kappa shape index (κ1) is 14.4. The molecule has 0 aliphatic carbocycles. The molecule has 6 nitrogen and oxygen atoms in total. The second-order valence-electron chi connectivity index (χ2n) is 4.02. The lowest BCUT2D eigenvalue weighted by molar-refractivity contribution is 0.601. The predicted molar refractivity (Wildman–Crippen MR) is 79.8 cm³/mol. The normalized spacial score (nSPS) is 11.0. The molecule has 0 atom stereocenters. The van der Waals surface area contributed by atoms with Gasteiger partial charge < -0.3 is 5.73 Å². The fraction of sp³-hybridized carbons (Fsp3) is 0.0833. The van der Waals surface area contributed by atoms with Gasteiger partial charge in [0.2, 0.25) is 0 Å². The fourth-order valence-electron chi connectivity index (χ4n) is 1.55. The van der Waals surface area contributed by atoms with Crippen molar-refractivity contribution in [3.8, 4) is 0 Å². The first-order chi connectivity index (χ1) is 9.47. The van der Waals surface area contributed by atoms with E-state index in [-0.39, 0.29) is 4.90 Å². The number of nitrogens with zero attached hydrogens (tertiary/aromatic N) is 2. The van der Waals surface area contributed by atoms with Crippen LogP contribution < -0.4 is 10.5 Å². The van der Waals surface area contributed by atoms with Gasteiger partial charge in [0.15, 0.2) is 0 Å². The summed E-state index contributed by atoms with van der Waals surface area (Å²) in [6.45, 7) is 0. The number of thiocarbonyl (C=S) groups is 1. The van der Waals surface area contributed by atoms with Crippen molar-refractivity contribution in [3.05, 3.63) is 48.5 Å². The Bertz CT molecular complexity index is 700. The Kier molecular flexibility index (Phi) is 4.26. The van der Waals surface area contributed by atoms with Crippen LogP contribution in [0.2, 0.25) is 0 Å². The van der Waals surface area contributed by atoms with Gasteiger partial charge >= 0.3 is 0 Å². The van der Waals surface area contributed by atoms with Gasteiger partial charge in [0, 0.05) is 6.42 Å². The van der Waals surface area contributed by atoms with Crippen molar-refractivity contribution in [2.24, 2.45) is 5.73 Å². The van der Waals surface area contributed by atoms with E-state index in [1.165, 1.54) is 30.9 Å². The van der Waals surface area contributed by atoms with Gasteiger partial charge in [-0.2, -0.15) is 0 Å². The van der Waals surface area contributed by atoms with E-state index in [0.717, 1.165) is 5.56 Å². The van der Waals surface area contributed by atoms with Gasteiger partial charge in [-0.05, 0) is 17.7 Å². The molecule has 3 N–H and O–H groups in total. The van der Waals surface area contributed by atoms with Crippen LogP contribution in [0.15, 0.2) is 47.9 Å². The third kappa shape index (κ3) is 3.72. The summed E-state index contributed by atoms with van der Waals surface area (Å²) in [5.74, 6) is 0. The molecule has 0 amide bonds. The molecule has 2 aromatic rings. The van der Waals surface area contributed by atoms with E-state index in [4.69, 9.17) is 18.0 Å². The maximum Gasteiger partial charge on any atom is 0.261 e. The molecule has 1 aromatic heterocycles. The summed E-state index contributed by atoms with van der Waals surface area (Å²) < 4.78 is 26.6. The molecule has 20 heavy (non-hydrogen) atoms. The van der Waals surface area contributed by atoms with Crippen LogP contribution >= 0.6 is 12.2 Å². The van der Waals surface area contributed by atoms with E-state index in [1.54, 1.807) is 12.1 Å². The van der Waals surface area contributed by atoms with Crippen LogP contribution in [0, 0.1) is 0 Å². The largest absolute Gasteiger partial charge is 0.393 e. The number of nitrogens with one attached hydrogen (secondary N) is 1. The topological polar surface area (TPSA) is 98.0 Å². The summed E-state index contributed by atoms with van der Waals surface area (Å²) in [5.41, 5.74) is 6.60. The van der Waals surface area contributed by atoms with E-state index in [0.29, 0.717) is 17.1 Å². The summed E-state index contributed by atoms with van der Waals surface area (Å²) in [7, 11) is -3.65. The van der Waals surface area contributed by atoms with Crippen LogP contribution in [0.1, 0.15) is 5.56 Å². The number of nitrogens with two attached hydrogens (primary N) is 1. The molecule has 2 rings (SSSR count). The molecular weight excluding hydrogens is 296 g/mol. The van der Waals surface area contributed by atoms with Crippen LogP contribution in [0.5, 0.6) is 0 Å². The second kappa shape index (κ2) is 5.93. The highest BCUT2D eigenvalue weighted by Gasteiger charge is 2.14. The lowest BCUT2D eigenvalue weighted by atomic mass is 10.1. The van der Waals surface area contributed by atoms with Gasteiger partial charge in [-0.1, -0.05) is 24.4 Å². The SMILES string of the molecule is NC(=S)Cc1ccc(S(=O)(=O)Nc2cncnc2)cc1. The van der Waals surface area contributed by atoms with E-state index in [9.17, 15) is 8.42 Å². The molecule has 1 heterocycles. The monoisotopic (exact) mass is 308 g/mol. The molecule has 1 aromatic carbocycles. The van der Waals surface area contributed by atoms with Gasteiger partial charge in [-0.25, -0.2) is 18.4 Å². The molecule has 0 fully saturated rings. The Labute approximate surface area is 122 Å². The lowest BCUT2D eigenvalue weighted by Gasteiger charge is -2.08. The highest BCUT2D eigenvalue weighted by atomic mass is 32.2. The smallest absolute Gasteiger partial charge is 0.261 e. The molecule has 0 aliphatic heterocycles. The van der Waals surface area contributed by atoms with Gasteiger partial charge in [0.1, 0.15) is 6.33 Å². The minimum atomic E-state index is -3.65. The van der Waals surface area contributed by atoms with Crippen LogP contribution in [-0.4, -0.2) is 23.4 Å².